The Balaban J connectivity index is 1.31. The van der Waals surface area contributed by atoms with Crippen LogP contribution in [0.3, 0.4) is 0 Å². The van der Waals surface area contributed by atoms with Crippen molar-refractivity contribution in [3.8, 4) is 10.6 Å². The second kappa shape index (κ2) is 10.1. The lowest BCUT2D eigenvalue weighted by Gasteiger charge is -2.20. The molecular weight excluding hydrogens is 450 g/mol. The summed E-state index contributed by atoms with van der Waals surface area (Å²) < 4.78 is 1.95. The number of aromatic nitrogens is 3. The van der Waals surface area contributed by atoms with Crippen molar-refractivity contribution in [2.24, 2.45) is 0 Å². The van der Waals surface area contributed by atoms with E-state index in [1.54, 1.807) is 28.7 Å². The number of benzene rings is 1. The summed E-state index contributed by atoms with van der Waals surface area (Å²) >= 11 is 3.31. The van der Waals surface area contributed by atoms with E-state index in [0.29, 0.717) is 13.1 Å². The number of carbonyl (C=O) groups is 1. The average molecular weight is 476 g/mol. The third-order valence-electron chi connectivity index (χ3n) is 5.63. The van der Waals surface area contributed by atoms with Gasteiger partial charge in [0.15, 0.2) is 5.13 Å². The fourth-order valence-electron chi connectivity index (χ4n) is 3.98. The molecular formula is C25H25N5OS2. The van der Waals surface area contributed by atoms with Crippen molar-refractivity contribution < 1.29 is 4.79 Å². The number of carbonyl (C=O) groups excluding carboxylic acids is 1. The lowest BCUT2D eigenvalue weighted by atomic mass is 10.2. The van der Waals surface area contributed by atoms with Crippen molar-refractivity contribution in [2.45, 2.75) is 13.0 Å². The molecule has 6 nitrogen and oxygen atoms in total. The van der Waals surface area contributed by atoms with Crippen LogP contribution in [0.5, 0.6) is 0 Å². The summed E-state index contributed by atoms with van der Waals surface area (Å²) in [5.74, 6) is 0.0453. The Morgan fingerprint density at radius 1 is 1.00 bits per heavy atom. The van der Waals surface area contributed by atoms with Gasteiger partial charge in [0.25, 0.3) is 0 Å². The molecule has 0 unspecified atom stereocenters. The maximum atomic E-state index is 13.0. The molecule has 1 aliphatic rings. The van der Waals surface area contributed by atoms with Crippen LogP contribution in [0.1, 0.15) is 17.5 Å². The minimum atomic E-state index is 0.0453. The first-order valence-corrected chi connectivity index (χ1v) is 12.8. The van der Waals surface area contributed by atoms with Crippen LogP contribution in [0.4, 0.5) is 5.13 Å². The van der Waals surface area contributed by atoms with Gasteiger partial charge in [-0.2, -0.15) is 5.10 Å². The van der Waals surface area contributed by atoms with Crippen molar-refractivity contribution in [1.29, 1.82) is 0 Å². The first kappa shape index (κ1) is 21.6. The monoisotopic (exact) mass is 475 g/mol. The molecule has 4 heterocycles. The van der Waals surface area contributed by atoms with E-state index >= 15 is 0 Å². The summed E-state index contributed by atoms with van der Waals surface area (Å²) in [7, 11) is 0. The first-order chi connectivity index (χ1) is 16.3. The fraction of sp³-hybridized carbons (Fsp3) is 0.240. The molecule has 1 fully saturated rings. The number of rotatable bonds is 6. The van der Waals surface area contributed by atoms with E-state index in [1.807, 2.05) is 57.7 Å². The Hall–Kier alpha value is -3.23. The van der Waals surface area contributed by atoms with Gasteiger partial charge in [0.05, 0.1) is 11.4 Å². The molecule has 33 heavy (non-hydrogen) atoms. The van der Waals surface area contributed by atoms with E-state index in [9.17, 15) is 4.79 Å². The third kappa shape index (κ3) is 5.23. The number of hydrogen-bond donors (Lipinski definition) is 0. The standard InChI is InChI=1S/C25H25N5OS2/c31-23(28-12-5-13-29(15-14-28)25-26-11-17-33-25)10-9-21-19-30(18-20-6-2-1-3-7-20)27-24(21)22-8-4-16-32-22/h1-4,6-11,16-17,19H,5,12-15,18H2/b10-9+. The predicted molar refractivity (Wildman–Crippen MR) is 136 cm³/mol. The van der Waals surface area contributed by atoms with Crippen LogP contribution < -0.4 is 4.90 Å². The molecule has 1 aliphatic heterocycles. The van der Waals surface area contributed by atoms with E-state index in [4.69, 9.17) is 5.10 Å². The summed E-state index contributed by atoms with van der Waals surface area (Å²) in [6.45, 7) is 3.89. The molecule has 3 aromatic heterocycles. The number of thiophene rings is 1. The molecule has 0 N–H and O–H groups in total. The zero-order valence-corrected chi connectivity index (χ0v) is 19.8. The summed E-state index contributed by atoms with van der Waals surface area (Å²) in [6, 6.07) is 14.4. The number of amides is 1. The highest BCUT2D eigenvalue weighted by molar-refractivity contribution is 7.13. The zero-order valence-electron chi connectivity index (χ0n) is 18.2. The third-order valence-corrected chi connectivity index (χ3v) is 7.34. The topological polar surface area (TPSA) is 54.3 Å². The van der Waals surface area contributed by atoms with Gasteiger partial charge in [0.1, 0.15) is 5.69 Å². The Kier molecular flexibility index (Phi) is 6.64. The lowest BCUT2D eigenvalue weighted by Crippen LogP contribution is -2.34. The Labute approximate surface area is 201 Å². The van der Waals surface area contributed by atoms with Crippen LogP contribution in [0, 0.1) is 0 Å². The van der Waals surface area contributed by atoms with Crippen LogP contribution in [0.2, 0.25) is 0 Å². The van der Waals surface area contributed by atoms with E-state index in [2.05, 4.69) is 33.5 Å². The van der Waals surface area contributed by atoms with Crippen molar-refractivity contribution in [3.63, 3.8) is 0 Å². The van der Waals surface area contributed by atoms with Crippen LogP contribution in [0.15, 0.2) is 71.7 Å². The predicted octanol–water partition coefficient (Wildman–Crippen LogP) is 4.87. The van der Waals surface area contributed by atoms with Crippen LogP contribution in [0.25, 0.3) is 16.6 Å². The molecule has 1 amide bonds. The normalized spacial score (nSPS) is 14.7. The maximum absolute atomic E-state index is 13.0. The molecule has 0 spiro atoms. The average Bonchev–Trinajstić information content (AvgIpc) is 3.59. The van der Waals surface area contributed by atoms with Gasteiger partial charge in [-0.05, 0) is 29.5 Å². The smallest absolute Gasteiger partial charge is 0.246 e. The molecule has 8 heteroatoms. The van der Waals surface area contributed by atoms with Crippen LogP contribution >= 0.6 is 22.7 Å². The summed E-state index contributed by atoms with van der Waals surface area (Å²) in [6.07, 6.45) is 8.40. The van der Waals surface area contributed by atoms with E-state index in [-0.39, 0.29) is 5.91 Å². The summed E-state index contributed by atoms with van der Waals surface area (Å²) in [5, 5.41) is 9.91. The van der Waals surface area contributed by atoms with Gasteiger partial charge < -0.3 is 9.80 Å². The molecule has 1 aromatic carbocycles. The molecule has 0 atom stereocenters. The SMILES string of the molecule is O=C(/C=C/c1cn(Cc2ccccc2)nc1-c1cccs1)N1CCCN(c2nccs2)CC1. The molecule has 0 radical (unpaired) electrons. The maximum Gasteiger partial charge on any atom is 0.246 e. The van der Waals surface area contributed by atoms with Gasteiger partial charge >= 0.3 is 0 Å². The van der Waals surface area contributed by atoms with Gasteiger partial charge in [0, 0.05) is 55.6 Å². The molecule has 4 aromatic rings. The summed E-state index contributed by atoms with van der Waals surface area (Å²) in [4.78, 5) is 22.7. The molecule has 1 saturated heterocycles. The largest absolute Gasteiger partial charge is 0.346 e. The molecule has 0 bridgehead atoms. The minimum absolute atomic E-state index is 0.0453. The van der Waals surface area contributed by atoms with Gasteiger partial charge in [-0.25, -0.2) is 4.98 Å². The fourth-order valence-corrected chi connectivity index (χ4v) is 5.41. The molecule has 0 aliphatic carbocycles. The summed E-state index contributed by atoms with van der Waals surface area (Å²) in [5.41, 5.74) is 3.07. The van der Waals surface area contributed by atoms with E-state index in [0.717, 1.165) is 47.3 Å². The van der Waals surface area contributed by atoms with Gasteiger partial charge in [-0.1, -0.05) is 36.4 Å². The van der Waals surface area contributed by atoms with Gasteiger partial charge in [0.2, 0.25) is 5.91 Å². The number of anilines is 1. The van der Waals surface area contributed by atoms with Crippen molar-refractivity contribution >= 4 is 39.8 Å². The molecule has 168 valence electrons. The second-order valence-corrected chi connectivity index (χ2v) is 9.73. The number of hydrogen-bond acceptors (Lipinski definition) is 6. The Morgan fingerprint density at radius 3 is 2.70 bits per heavy atom. The van der Waals surface area contributed by atoms with Crippen molar-refractivity contribution in [2.75, 3.05) is 31.1 Å². The van der Waals surface area contributed by atoms with Crippen molar-refractivity contribution in [1.82, 2.24) is 19.7 Å². The highest BCUT2D eigenvalue weighted by Gasteiger charge is 2.19. The minimum Gasteiger partial charge on any atom is -0.346 e. The molecule has 0 saturated carbocycles. The van der Waals surface area contributed by atoms with Crippen molar-refractivity contribution in [3.05, 3.63) is 82.8 Å². The van der Waals surface area contributed by atoms with Crippen LogP contribution in [-0.2, 0) is 11.3 Å². The van der Waals surface area contributed by atoms with Gasteiger partial charge in [-0.15, -0.1) is 22.7 Å². The number of thiazole rings is 1. The van der Waals surface area contributed by atoms with Crippen LogP contribution in [-0.4, -0.2) is 51.8 Å². The zero-order chi connectivity index (χ0) is 22.5. The Morgan fingerprint density at radius 2 is 1.91 bits per heavy atom. The highest BCUT2D eigenvalue weighted by atomic mass is 32.1. The highest BCUT2D eigenvalue weighted by Crippen LogP contribution is 2.28. The quantitative estimate of drug-likeness (QED) is 0.374. The molecule has 5 rings (SSSR count). The second-order valence-electron chi connectivity index (χ2n) is 7.91. The first-order valence-electron chi connectivity index (χ1n) is 11.0. The van der Waals surface area contributed by atoms with Gasteiger partial charge in [-0.3, -0.25) is 9.48 Å². The Bertz CT molecular complexity index is 1200. The van der Waals surface area contributed by atoms with E-state index in [1.165, 1.54) is 5.56 Å². The number of nitrogens with zero attached hydrogens (tertiary/aromatic N) is 5. The lowest BCUT2D eigenvalue weighted by molar-refractivity contribution is -0.125. The van der Waals surface area contributed by atoms with E-state index < -0.39 is 0 Å².